The quantitative estimate of drug-likeness (QED) is 0.763. The van der Waals surface area contributed by atoms with Crippen LogP contribution in [0.2, 0.25) is 0 Å². The van der Waals surface area contributed by atoms with Crippen LogP contribution in [0.5, 0.6) is 0 Å². The Hall–Kier alpha value is -1.28. The van der Waals surface area contributed by atoms with Gasteiger partial charge in [0, 0.05) is 18.8 Å². The molecule has 1 saturated carbocycles. The summed E-state index contributed by atoms with van der Waals surface area (Å²) in [7, 11) is -3.48. The van der Waals surface area contributed by atoms with Crippen LogP contribution in [0.1, 0.15) is 35.9 Å². The van der Waals surface area contributed by atoms with Gasteiger partial charge in [0.15, 0.2) is 9.84 Å². The molecule has 0 unspecified atom stereocenters. The van der Waals surface area contributed by atoms with Crippen LogP contribution >= 0.6 is 11.3 Å². The van der Waals surface area contributed by atoms with E-state index in [9.17, 15) is 13.2 Å². The van der Waals surface area contributed by atoms with Crippen molar-refractivity contribution in [3.8, 4) is 0 Å². The molecule has 0 radical (unpaired) electrons. The first-order valence-electron chi connectivity index (χ1n) is 6.51. The number of amides is 1. The standard InChI is InChI=1S/C12H19N3O3S2/c1-3-14-11(16)9-8(13)10(20(2,17)18)12(19-9)15-7-5-4-6-7/h7,15H,3-6,13H2,1-2H3,(H,14,16). The Balaban J connectivity index is 2.43. The predicted molar refractivity (Wildman–Crippen MR) is 81.1 cm³/mol. The van der Waals surface area contributed by atoms with Gasteiger partial charge < -0.3 is 16.4 Å². The summed E-state index contributed by atoms with van der Waals surface area (Å²) in [6.45, 7) is 2.27. The van der Waals surface area contributed by atoms with Crippen molar-refractivity contribution in [1.82, 2.24) is 5.32 Å². The molecular formula is C12H19N3O3S2. The maximum atomic E-state index is 11.9. The topological polar surface area (TPSA) is 101 Å². The molecule has 0 aliphatic heterocycles. The number of sulfone groups is 1. The molecule has 0 saturated heterocycles. The second-order valence-corrected chi connectivity index (χ2v) is 7.88. The predicted octanol–water partition coefficient (Wildman–Crippen LogP) is 1.45. The molecule has 1 amide bonds. The molecule has 1 fully saturated rings. The number of hydrogen-bond donors (Lipinski definition) is 3. The van der Waals surface area contributed by atoms with Gasteiger partial charge in [-0.3, -0.25) is 4.79 Å². The number of nitrogen functional groups attached to an aromatic ring is 1. The first kappa shape index (κ1) is 15.1. The molecule has 1 heterocycles. The molecule has 1 aromatic rings. The Morgan fingerprint density at radius 1 is 1.45 bits per heavy atom. The maximum Gasteiger partial charge on any atom is 0.263 e. The molecule has 1 aliphatic rings. The Morgan fingerprint density at radius 3 is 2.55 bits per heavy atom. The van der Waals surface area contributed by atoms with Crippen molar-refractivity contribution in [2.24, 2.45) is 0 Å². The Bertz CT molecular complexity index is 618. The SMILES string of the molecule is CCNC(=O)c1sc(NC2CCC2)c(S(C)(=O)=O)c1N. The average Bonchev–Trinajstić information content (AvgIpc) is 2.60. The van der Waals surface area contributed by atoms with Crippen molar-refractivity contribution in [2.45, 2.75) is 37.1 Å². The zero-order chi connectivity index (χ0) is 14.9. The van der Waals surface area contributed by atoms with Gasteiger partial charge in [0.05, 0.1) is 5.69 Å². The fourth-order valence-corrected chi connectivity index (χ4v) is 4.59. The van der Waals surface area contributed by atoms with Gasteiger partial charge in [-0.25, -0.2) is 8.42 Å². The first-order chi connectivity index (χ1) is 9.34. The zero-order valence-corrected chi connectivity index (χ0v) is 13.2. The maximum absolute atomic E-state index is 11.9. The second-order valence-electron chi connectivity index (χ2n) is 4.91. The summed E-state index contributed by atoms with van der Waals surface area (Å²) in [5.41, 5.74) is 5.93. The van der Waals surface area contributed by atoms with Crippen molar-refractivity contribution < 1.29 is 13.2 Å². The largest absolute Gasteiger partial charge is 0.396 e. The fraction of sp³-hybridized carbons (Fsp3) is 0.583. The molecule has 2 rings (SSSR count). The summed E-state index contributed by atoms with van der Waals surface area (Å²) in [4.78, 5) is 12.2. The Morgan fingerprint density at radius 2 is 2.10 bits per heavy atom. The molecule has 4 N–H and O–H groups in total. The summed E-state index contributed by atoms with van der Waals surface area (Å²) >= 11 is 1.11. The van der Waals surface area contributed by atoms with Crippen LogP contribution in [0.25, 0.3) is 0 Å². The van der Waals surface area contributed by atoms with Crippen LogP contribution in [0.15, 0.2) is 4.90 Å². The van der Waals surface area contributed by atoms with E-state index in [4.69, 9.17) is 5.73 Å². The Labute approximate surface area is 122 Å². The molecule has 1 aromatic heterocycles. The molecule has 6 nitrogen and oxygen atoms in total. The number of nitrogens with one attached hydrogen (secondary N) is 2. The minimum Gasteiger partial charge on any atom is -0.396 e. The van der Waals surface area contributed by atoms with E-state index in [-0.39, 0.29) is 27.4 Å². The van der Waals surface area contributed by atoms with E-state index in [1.807, 2.05) is 0 Å². The minimum atomic E-state index is -3.48. The van der Waals surface area contributed by atoms with Crippen LogP contribution < -0.4 is 16.4 Å². The van der Waals surface area contributed by atoms with E-state index < -0.39 is 9.84 Å². The zero-order valence-electron chi connectivity index (χ0n) is 11.5. The molecule has 8 heteroatoms. The highest BCUT2D eigenvalue weighted by molar-refractivity contribution is 7.91. The number of carbonyl (C=O) groups is 1. The van der Waals surface area contributed by atoms with E-state index in [0.29, 0.717) is 11.5 Å². The molecule has 0 spiro atoms. The van der Waals surface area contributed by atoms with Crippen molar-refractivity contribution in [3.63, 3.8) is 0 Å². The molecule has 20 heavy (non-hydrogen) atoms. The highest BCUT2D eigenvalue weighted by Crippen LogP contribution is 2.40. The first-order valence-corrected chi connectivity index (χ1v) is 9.22. The van der Waals surface area contributed by atoms with Crippen LogP contribution in [0.4, 0.5) is 10.7 Å². The lowest BCUT2D eigenvalue weighted by Gasteiger charge is -2.27. The smallest absolute Gasteiger partial charge is 0.263 e. The van der Waals surface area contributed by atoms with Gasteiger partial charge in [-0.1, -0.05) is 0 Å². The number of nitrogens with two attached hydrogens (primary N) is 1. The molecule has 0 bridgehead atoms. The van der Waals surface area contributed by atoms with Crippen LogP contribution in [0, 0.1) is 0 Å². The fourth-order valence-electron chi connectivity index (χ4n) is 2.04. The van der Waals surface area contributed by atoms with Crippen molar-refractivity contribution >= 4 is 37.8 Å². The van der Waals surface area contributed by atoms with Gasteiger partial charge in [-0.2, -0.15) is 0 Å². The van der Waals surface area contributed by atoms with Gasteiger partial charge in [0.1, 0.15) is 14.8 Å². The normalized spacial score (nSPS) is 15.7. The Kier molecular flexibility index (Phi) is 4.24. The highest BCUT2D eigenvalue weighted by atomic mass is 32.2. The van der Waals surface area contributed by atoms with E-state index in [1.54, 1.807) is 6.92 Å². The van der Waals surface area contributed by atoms with Crippen LogP contribution in [0.3, 0.4) is 0 Å². The van der Waals surface area contributed by atoms with Crippen LogP contribution in [-0.4, -0.2) is 33.2 Å². The number of anilines is 2. The van der Waals surface area contributed by atoms with E-state index in [0.717, 1.165) is 36.9 Å². The second kappa shape index (κ2) is 5.61. The lowest BCUT2D eigenvalue weighted by molar-refractivity contribution is 0.0960. The van der Waals surface area contributed by atoms with Gasteiger partial charge in [-0.15, -0.1) is 11.3 Å². The van der Waals surface area contributed by atoms with Gasteiger partial charge in [0.25, 0.3) is 5.91 Å². The number of carbonyl (C=O) groups excluding carboxylic acids is 1. The third-order valence-electron chi connectivity index (χ3n) is 3.25. The lowest BCUT2D eigenvalue weighted by atomic mass is 9.93. The lowest BCUT2D eigenvalue weighted by Crippen LogP contribution is -2.27. The molecule has 112 valence electrons. The third kappa shape index (κ3) is 2.90. The van der Waals surface area contributed by atoms with Gasteiger partial charge in [0.2, 0.25) is 0 Å². The average molecular weight is 317 g/mol. The van der Waals surface area contributed by atoms with E-state index in [2.05, 4.69) is 10.6 Å². The molecule has 0 atom stereocenters. The van der Waals surface area contributed by atoms with Crippen molar-refractivity contribution in [1.29, 1.82) is 0 Å². The summed E-state index contributed by atoms with van der Waals surface area (Å²) in [5.74, 6) is -0.332. The van der Waals surface area contributed by atoms with Crippen molar-refractivity contribution in [2.75, 3.05) is 23.9 Å². The number of hydrogen-bond acceptors (Lipinski definition) is 6. The summed E-state index contributed by atoms with van der Waals surface area (Å²) in [5, 5.41) is 6.32. The number of rotatable bonds is 5. The summed E-state index contributed by atoms with van der Waals surface area (Å²) in [6.07, 6.45) is 4.27. The monoisotopic (exact) mass is 317 g/mol. The molecular weight excluding hydrogens is 298 g/mol. The van der Waals surface area contributed by atoms with Crippen LogP contribution in [-0.2, 0) is 9.84 Å². The van der Waals surface area contributed by atoms with Gasteiger partial charge >= 0.3 is 0 Å². The third-order valence-corrected chi connectivity index (χ3v) is 5.68. The molecule has 1 aliphatic carbocycles. The highest BCUT2D eigenvalue weighted by Gasteiger charge is 2.29. The van der Waals surface area contributed by atoms with Crippen molar-refractivity contribution in [3.05, 3.63) is 4.88 Å². The van der Waals surface area contributed by atoms with E-state index >= 15 is 0 Å². The van der Waals surface area contributed by atoms with Gasteiger partial charge in [-0.05, 0) is 26.2 Å². The van der Waals surface area contributed by atoms with E-state index in [1.165, 1.54) is 0 Å². The molecule has 0 aromatic carbocycles. The minimum absolute atomic E-state index is 0.0465. The number of thiophene rings is 1. The summed E-state index contributed by atoms with van der Waals surface area (Å²) < 4.78 is 23.8. The summed E-state index contributed by atoms with van der Waals surface area (Å²) in [6, 6.07) is 0.274.